The van der Waals surface area contributed by atoms with E-state index in [0.717, 1.165) is 11.8 Å². The van der Waals surface area contributed by atoms with Gasteiger partial charge in [-0.15, -0.1) is 0 Å². The Morgan fingerprint density at radius 1 is 1.11 bits per heavy atom. The number of hydrogen-bond acceptors (Lipinski definition) is 11. The van der Waals surface area contributed by atoms with Crippen LogP contribution in [0.1, 0.15) is 25.0 Å². The number of rotatable bonds is 9. The normalized spacial score (nSPS) is 9.54. The van der Waals surface area contributed by atoms with E-state index in [9.17, 15) is 15.4 Å². The number of nitrogens with zero attached hydrogens (tertiary/aromatic N) is 5. The van der Waals surface area contributed by atoms with E-state index in [4.69, 9.17) is 14.7 Å². The van der Waals surface area contributed by atoms with Gasteiger partial charge >= 0.3 is 5.69 Å². The smallest absolute Gasteiger partial charge is 0.320 e. The van der Waals surface area contributed by atoms with Crippen molar-refractivity contribution in [1.29, 1.82) is 10.5 Å². The highest BCUT2D eigenvalue weighted by molar-refractivity contribution is 8.03. The molecule has 0 radical (unpaired) electrons. The molecular formula is C23H23N7O4S. The molecule has 180 valence electrons. The molecule has 0 aliphatic rings. The van der Waals surface area contributed by atoms with Crippen molar-refractivity contribution in [1.82, 2.24) is 9.97 Å². The van der Waals surface area contributed by atoms with Crippen LogP contribution in [-0.2, 0) is 6.54 Å². The van der Waals surface area contributed by atoms with Crippen molar-refractivity contribution in [3.05, 3.63) is 63.8 Å². The Bertz CT molecular complexity index is 1270. The Morgan fingerprint density at radius 3 is 2.51 bits per heavy atom. The van der Waals surface area contributed by atoms with E-state index in [0.29, 0.717) is 46.7 Å². The first-order valence-corrected chi connectivity index (χ1v) is 11.1. The molecule has 0 bridgehead atoms. The summed E-state index contributed by atoms with van der Waals surface area (Å²) in [7, 11) is 3.14. The maximum absolute atomic E-state index is 11.1. The molecule has 1 heterocycles. The van der Waals surface area contributed by atoms with Gasteiger partial charge in [-0.25, -0.2) is 4.98 Å². The molecule has 1 aromatic heterocycles. The summed E-state index contributed by atoms with van der Waals surface area (Å²) in [6.07, 6.45) is 1.03. The van der Waals surface area contributed by atoms with Crippen molar-refractivity contribution < 1.29 is 14.4 Å². The van der Waals surface area contributed by atoms with Gasteiger partial charge in [0.15, 0.2) is 5.03 Å². The molecule has 2 N–H and O–H groups in total. The second kappa shape index (κ2) is 13.2. The standard InChI is InChI=1S/C21H17N7O4S.C2H6/c1-31-15-5-4-14(19(8-15)32-2)10-24-16-6-3-13(9-22)7-17(16)26-21-25-11-18(28(29)30)20(27-21)33-12-23;1-2/h3-8,11,24H,10H2,1-2H3,(H,25,26,27);1-2H3. The van der Waals surface area contributed by atoms with E-state index in [1.54, 1.807) is 43.9 Å². The van der Waals surface area contributed by atoms with Crippen molar-refractivity contribution in [2.75, 3.05) is 24.9 Å². The summed E-state index contributed by atoms with van der Waals surface area (Å²) in [5.41, 5.74) is 1.99. The summed E-state index contributed by atoms with van der Waals surface area (Å²) in [6.45, 7) is 4.39. The summed E-state index contributed by atoms with van der Waals surface area (Å²) in [5.74, 6) is 1.35. The minimum atomic E-state index is -0.658. The van der Waals surface area contributed by atoms with Crippen LogP contribution >= 0.6 is 11.8 Å². The van der Waals surface area contributed by atoms with E-state index in [1.807, 2.05) is 26.0 Å². The molecule has 35 heavy (non-hydrogen) atoms. The summed E-state index contributed by atoms with van der Waals surface area (Å²) < 4.78 is 10.6. The van der Waals surface area contributed by atoms with Crippen molar-refractivity contribution in [3.63, 3.8) is 0 Å². The number of methoxy groups -OCH3 is 2. The van der Waals surface area contributed by atoms with Crippen molar-refractivity contribution in [2.45, 2.75) is 25.4 Å². The fraction of sp³-hybridized carbons (Fsp3) is 0.217. The fourth-order valence-corrected chi connectivity index (χ4v) is 3.29. The number of ether oxygens (including phenoxy) is 2. The molecule has 0 aliphatic heterocycles. The van der Waals surface area contributed by atoms with Gasteiger partial charge < -0.3 is 20.1 Å². The summed E-state index contributed by atoms with van der Waals surface area (Å²) in [6, 6.07) is 12.5. The summed E-state index contributed by atoms with van der Waals surface area (Å²) in [4.78, 5) is 18.5. The first-order valence-electron chi connectivity index (χ1n) is 10.3. The molecule has 2 aromatic carbocycles. The average Bonchev–Trinajstić information content (AvgIpc) is 2.89. The van der Waals surface area contributed by atoms with E-state index in [1.165, 1.54) is 0 Å². The van der Waals surface area contributed by atoms with E-state index >= 15 is 0 Å². The van der Waals surface area contributed by atoms with Gasteiger partial charge in [0.1, 0.15) is 23.1 Å². The lowest BCUT2D eigenvalue weighted by molar-refractivity contribution is -0.388. The lowest BCUT2D eigenvalue weighted by Crippen LogP contribution is -2.06. The molecular weight excluding hydrogens is 470 g/mol. The Labute approximate surface area is 206 Å². The Hall–Kier alpha value is -4.55. The topological polar surface area (TPSA) is 159 Å². The Morgan fingerprint density at radius 2 is 1.89 bits per heavy atom. The molecule has 3 rings (SSSR count). The first-order chi connectivity index (χ1) is 17.0. The molecule has 0 atom stereocenters. The van der Waals surface area contributed by atoms with Crippen LogP contribution in [0.25, 0.3) is 0 Å². The SMILES string of the molecule is CC.COc1ccc(CNc2ccc(C#N)cc2Nc2ncc([N+](=O)[O-])c(SC#N)n2)c(OC)c1. The Kier molecular flexibility index (Phi) is 10.1. The zero-order valence-electron chi connectivity index (χ0n) is 19.5. The molecule has 0 amide bonds. The van der Waals surface area contributed by atoms with Gasteiger partial charge in [-0.2, -0.15) is 15.5 Å². The summed E-state index contributed by atoms with van der Waals surface area (Å²) in [5, 5.41) is 37.3. The van der Waals surface area contributed by atoms with Crippen LogP contribution in [0.2, 0.25) is 0 Å². The van der Waals surface area contributed by atoms with Crippen LogP contribution in [0.3, 0.4) is 0 Å². The van der Waals surface area contributed by atoms with Crippen LogP contribution in [0, 0.1) is 32.1 Å². The lowest BCUT2D eigenvalue weighted by atomic mass is 10.1. The van der Waals surface area contributed by atoms with Gasteiger partial charge in [-0.05, 0) is 30.3 Å². The van der Waals surface area contributed by atoms with E-state index < -0.39 is 4.92 Å². The molecule has 0 saturated heterocycles. The monoisotopic (exact) mass is 493 g/mol. The lowest BCUT2D eigenvalue weighted by Gasteiger charge is -2.15. The van der Waals surface area contributed by atoms with Gasteiger partial charge in [0.2, 0.25) is 5.95 Å². The van der Waals surface area contributed by atoms with Crippen LogP contribution in [-0.4, -0.2) is 29.1 Å². The zero-order valence-corrected chi connectivity index (χ0v) is 20.3. The molecule has 0 saturated carbocycles. The maximum Gasteiger partial charge on any atom is 0.320 e. The number of nitrogens with one attached hydrogen (secondary N) is 2. The predicted octanol–water partition coefficient (Wildman–Crippen LogP) is 5.23. The van der Waals surface area contributed by atoms with Gasteiger partial charge in [0.25, 0.3) is 0 Å². The minimum absolute atomic E-state index is 0.0403. The van der Waals surface area contributed by atoms with Crippen molar-refractivity contribution in [3.8, 4) is 23.0 Å². The molecule has 0 spiro atoms. The first kappa shape index (κ1) is 26.7. The van der Waals surface area contributed by atoms with Crippen LogP contribution in [0.5, 0.6) is 11.5 Å². The number of thiocyanates is 1. The van der Waals surface area contributed by atoms with Crippen molar-refractivity contribution >= 4 is 34.8 Å². The fourth-order valence-electron chi connectivity index (χ4n) is 2.84. The van der Waals surface area contributed by atoms with Crippen LogP contribution < -0.4 is 20.1 Å². The van der Waals surface area contributed by atoms with E-state index in [-0.39, 0.29) is 16.7 Å². The number of thioether (sulfide) groups is 1. The average molecular weight is 494 g/mol. The number of nitriles is 2. The number of anilines is 3. The number of aromatic nitrogens is 2. The van der Waals surface area contributed by atoms with Crippen LogP contribution in [0.4, 0.5) is 23.0 Å². The van der Waals surface area contributed by atoms with Crippen molar-refractivity contribution in [2.24, 2.45) is 0 Å². The van der Waals surface area contributed by atoms with Gasteiger partial charge in [-0.1, -0.05) is 13.8 Å². The molecule has 12 heteroatoms. The molecule has 0 aliphatic carbocycles. The third-order valence-corrected chi connectivity index (χ3v) is 5.02. The number of hydrogen-bond donors (Lipinski definition) is 2. The molecule has 0 fully saturated rings. The number of nitro groups is 1. The predicted molar refractivity (Wildman–Crippen MR) is 133 cm³/mol. The largest absolute Gasteiger partial charge is 0.497 e. The highest BCUT2D eigenvalue weighted by Crippen LogP contribution is 2.31. The van der Waals surface area contributed by atoms with Gasteiger partial charge in [-0.3, -0.25) is 10.1 Å². The molecule has 0 unspecified atom stereocenters. The zero-order chi connectivity index (χ0) is 25.8. The quantitative estimate of drug-likeness (QED) is 0.132. The molecule has 11 nitrogen and oxygen atoms in total. The van der Waals surface area contributed by atoms with Gasteiger partial charge in [0, 0.05) is 29.9 Å². The molecule has 3 aromatic rings. The van der Waals surface area contributed by atoms with Gasteiger partial charge in [0.05, 0.1) is 42.2 Å². The highest BCUT2D eigenvalue weighted by Gasteiger charge is 2.18. The van der Waals surface area contributed by atoms with E-state index in [2.05, 4.69) is 26.7 Å². The Balaban J connectivity index is 0.00000210. The second-order valence-corrected chi connectivity index (χ2v) is 7.14. The van der Waals surface area contributed by atoms with Crippen LogP contribution in [0.15, 0.2) is 47.6 Å². The maximum atomic E-state index is 11.1. The minimum Gasteiger partial charge on any atom is -0.497 e. The third-order valence-electron chi connectivity index (χ3n) is 4.43. The summed E-state index contributed by atoms with van der Waals surface area (Å²) >= 11 is 0.562. The third kappa shape index (κ3) is 6.96. The highest BCUT2D eigenvalue weighted by atomic mass is 32.2. The second-order valence-electron chi connectivity index (χ2n) is 6.36. The number of benzene rings is 2.